The van der Waals surface area contributed by atoms with Gasteiger partial charge in [0.1, 0.15) is 0 Å². The highest BCUT2D eigenvalue weighted by Crippen LogP contribution is 2.60. The minimum Gasteiger partial charge on any atom is -0.289 e. The summed E-state index contributed by atoms with van der Waals surface area (Å²) in [7, 11) is 0. The standard InChI is InChI=1S/C56H38O/c57-55-49-35-42(41-22-14-21-40(31-41)37-15-4-1-5-16-37)27-29-53(49)56(51-25-12-10-23-47(51)48-24-11-13-26-52(48)56)54-30-28-43(36-50(54)55)46-33-44(38-17-6-2-7-18-38)32-45(34-46)39-19-8-3-9-20-39/h1-12,14-25,27-36H,13,26H2. The molecule has 1 nitrogen and oxygen atoms in total. The van der Waals surface area contributed by atoms with Gasteiger partial charge >= 0.3 is 0 Å². The number of rotatable bonds is 5. The predicted octanol–water partition coefficient (Wildman–Crippen LogP) is 14.0. The van der Waals surface area contributed by atoms with Gasteiger partial charge in [-0.1, -0.05) is 170 Å². The van der Waals surface area contributed by atoms with Gasteiger partial charge in [0.2, 0.25) is 0 Å². The molecule has 1 spiro atoms. The van der Waals surface area contributed by atoms with Crippen molar-refractivity contribution in [1.82, 2.24) is 0 Å². The Morgan fingerprint density at radius 2 is 0.772 bits per heavy atom. The zero-order chi connectivity index (χ0) is 37.9. The van der Waals surface area contributed by atoms with E-state index >= 15 is 4.79 Å². The lowest BCUT2D eigenvalue weighted by Crippen LogP contribution is -2.37. The van der Waals surface area contributed by atoms with Crippen LogP contribution in [-0.4, -0.2) is 5.78 Å². The van der Waals surface area contributed by atoms with Crippen LogP contribution in [0.25, 0.3) is 61.2 Å². The van der Waals surface area contributed by atoms with Crippen molar-refractivity contribution in [2.45, 2.75) is 18.3 Å². The smallest absolute Gasteiger partial charge is 0.193 e. The summed E-state index contributed by atoms with van der Waals surface area (Å²) in [4.78, 5) is 15.3. The predicted molar refractivity (Wildman–Crippen MR) is 235 cm³/mol. The third-order valence-electron chi connectivity index (χ3n) is 12.4. The molecule has 0 heterocycles. The first-order valence-corrected chi connectivity index (χ1v) is 19.9. The quantitative estimate of drug-likeness (QED) is 0.173. The fourth-order valence-corrected chi connectivity index (χ4v) is 9.79. The average Bonchev–Trinajstić information content (AvgIpc) is 3.59. The van der Waals surface area contributed by atoms with Crippen LogP contribution in [-0.2, 0) is 5.41 Å². The van der Waals surface area contributed by atoms with E-state index in [1.54, 1.807) is 0 Å². The first-order chi connectivity index (χ1) is 28.2. The number of ketones is 1. The Hall–Kier alpha value is -7.09. The van der Waals surface area contributed by atoms with Gasteiger partial charge in [-0.25, -0.2) is 0 Å². The van der Waals surface area contributed by atoms with Gasteiger partial charge in [0, 0.05) is 11.1 Å². The fraction of sp³-hybridized carbons (Fsp3) is 0.0536. The Balaban J connectivity index is 1.14. The molecule has 268 valence electrons. The largest absolute Gasteiger partial charge is 0.289 e. The van der Waals surface area contributed by atoms with Crippen LogP contribution in [0.1, 0.15) is 51.0 Å². The van der Waals surface area contributed by atoms with Gasteiger partial charge in [0.25, 0.3) is 0 Å². The molecule has 0 saturated carbocycles. The lowest BCUT2D eigenvalue weighted by Gasteiger charge is -2.41. The Bertz CT molecular complexity index is 2890. The van der Waals surface area contributed by atoms with Crippen molar-refractivity contribution in [3.05, 3.63) is 245 Å². The molecule has 57 heavy (non-hydrogen) atoms. The SMILES string of the molecule is O=C1c2cc(-c3cccc(-c4ccccc4)c3)ccc2C2(C3=C(C=CCC3)c3ccccc32)c2ccc(-c3cc(-c4ccccc4)cc(-c4ccccc4)c3)cc21. The maximum Gasteiger partial charge on any atom is 0.193 e. The topological polar surface area (TPSA) is 17.1 Å². The van der Waals surface area contributed by atoms with Gasteiger partial charge in [0.15, 0.2) is 5.78 Å². The average molecular weight is 727 g/mol. The van der Waals surface area contributed by atoms with E-state index in [9.17, 15) is 0 Å². The van der Waals surface area contributed by atoms with E-state index in [1.807, 2.05) is 6.07 Å². The normalized spacial score (nSPS) is 16.2. The lowest BCUT2D eigenvalue weighted by molar-refractivity contribution is 0.103. The minimum atomic E-state index is -0.570. The second kappa shape index (κ2) is 13.3. The van der Waals surface area contributed by atoms with E-state index < -0.39 is 5.41 Å². The maximum absolute atomic E-state index is 15.3. The van der Waals surface area contributed by atoms with Crippen molar-refractivity contribution in [2.24, 2.45) is 0 Å². The number of hydrogen-bond donors (Lipinski definition) is 0. The number of benzene rings is 8. The molecule has 0 amide bonds. The molecule has 1 unspecified atom stereocenters. The number of carbonyl (C=O) groups is 1. The van der Waals surface area contributed by atoms with Crippen molar-refractivity contribution in [2.75, 3.05) is 0 Å². The van der Waals surface area contributed by atoms with E-state index in [4.69, 9.17) is 0 Å². The molecule has 0 radical (unpaired) electrons. The summed E-state index contributed by atoms with van der Waals surface area (Å²) in [6.07, 6.45) is 6.54. The molecule has 8 aromatic carbocycles. The third kappa shape index (κ3) is 5.27. The monoisotopic (exact) mass is 726 g/mol. The highest BCUT2D eigenvalue weighted by molar-refractivity contribution is 6.16. The van der Waals surface area contributed by atoms with Gasteiger partial charge in [-0.15, -0.1) is 0 Å². The van der Waals surface area contributed by atoms with Gasteiger partial charge < -0.3 is 0 Å². The van der Waals surface area contributed by atoms with Gasteiger partial charge in [-0.2, -0.15) is 0 Å². The molecule has 0 saturated heterocycles. The van der Waals surface area contributed by atoms with Crippen LogP contribution in [0.4, 0.5) is 0 Å². The molecule has 0 aliphatic heterocycles. The summed E-state index contributed by atoms with van der Waals surface area (Å²) in [5.41, 5.74) is 19.6. The first-order valence-electron chi connectivity index (χ1n) is 19.9. The van der Waals surface area contributed by atoms with Gasteiger partial charge in [-0.3, -0.25) is 4.79 Å². The lowest BCUT2D eigenvalue weighted by atomic mass is 9.59. The molecule has 1 atom stereocenters. The second-order valence-electron chi connectivity index (χ2n) is 15.5. The second-order valence-corrected chi connectivity index (χ2v) is 15.5. The van der Waals surface area contributed by atoms with Crippen molar-refractivity contribution in [1.29, 1.82) is 0 Å². The van der Waals surface area contributed by atoms with Crippen LogP contribution in [0, 0.1) is 0 Å². The van der Waals surface area contributed by atoms with E-state index in [1.165, 1.54) is 27.8 Å². The first kappa shape index (κ1) is 33.3. The number of fused-ring (bicyclic) bond motifs is 8. The molecule has 0 aromatic heterocycles. The van der Waals surface area contributed by atoms with E-state index in [-0.39, 0.29) is 5.78 Å². The highest BCUT2D eigenvalue weighted by atomic mass is 16.1. The Labute approximate surface area is 334 Å². The summed E-state index contributed by atoms with van der Waals surface area (Å²) in [6.45, 7) is 0. The van der Waals surface area contributed by atoms with Crippen LogP contribution in [0.2, 0.25) is 0 Å². The summed E-state index contributed by atoms with van der Waals surface area (Å²) in [5, 5.41) is 0. The summed E-state index contributed by atoms with van der Waals surface area (Å²) < 4.78 is 0. The maximum atomic E-state index is 15.3. The zero-order valence-corrected chi connectivity index (χ0v) is 31.5. The van der Waals surface area contributed by atoms with Crippen LogP contribution < -0.4 is 0 Å². The van der Waals surface area contributed by atoms with E-state index in [0.29, 0.717) is 0 Å². The van der Waals surface area contributed by atoms with Crippen molar-refractivity contribution in [3.8, 4) is 55.6 Å². The Morgan fingerprint density at radius 1 is 0.351 bits per heavy atom. The highest BCUT2D eigenvalue weighted by Gasteiger charge is 2.52. The van der Waals surface area contributed by atoms with Crippen molar-refractivity contribution in [3.63, 3.8) is 0 Å². The van der Waals surface area contributed by atoms with Crippen LogP contribution >= 0.6 is 0 Å². The molecule has 0 N–H and O–H groups in total. The molecule has 11 rings (SSSR count). The van der Waals surface area contributed by atoms with Crippen LogP contribution in [0.3, 0.4) is 0 Å². The molecular formula is C56H38O. The van der Waals surface area contributed by atoms with Crippen molar-refractivity contribution >= 4 is 11.4 Å². The van der Waals surface area contributed by atoms with E-state index in [0.717, 1.165) is 85.2 Å². The Morgan fingerprint density at radius 3 is 1.37 bits per heavy atom. The molecule has 1 heteroatoms. The summed E-state index contributed by atoms with van der Waals surface area (Å²) >= 11 is 0. The summed E-state index contributed by atoms with van der Waals surface area (Å²) in [5.74, 6) is 0.0777. The molecule has 8 aromatic rings. The fourth-order valence-electron chi connectivity index (χ4n) is 9.79. The van der Waals surface area contributed by atoms with E-state index in [2.05, 4.69) is 200 Å². The minimum absolute atomic E-state index is 0.0777. The molecule has 0 bridgehead atoms. The zero-order valence-electron chi connectivity index (χ0n) is 31.5. The molecule has 3 aliphatic rings. The molecule has 3 aliphatic carbocycles. The number of allylic oxidation sites excluding steroid dienone is 4. The summed E-state index contributed by atoms with van der Waals surface area (Å²) in [6, 6.07) is 69.4. The van der Waals surface area contributed by atoms with Gasteiger partial charge in [0.05, 0.1) is 5.41 Å². The molecule has 0 fully saturated rings. The van der Waals surface area contributed by atoms with Gasteiger partial charge in [-0.05, 0) is 138 Å². The third-order valence-corrected chi connectivity index (χ3v) is 12.4. The number of carbonyl (C=O) groups excluding carboxylic acids is 1. The molecular weight excluding hydrogens is 689 g/mol. The number of hydrogen-bond acceptors (Lipinski definition) is 1. The van der Waals surface area contributed by atoms with Crippen molar-refractivity contribution < 1.29 is 4.79 Å². The Kier molecular flexibility index (Phi) is 7.76. The van der Waals surface area contributed by atoms with Crippen LogP contribution in [0.5, 0.6) is 0 Å². The van der Waals surface area contributed by atoms with Crippen LogP contribution in [0.15, 0.2) is 212 Å².